The van der Waals surface area contributed by atoms with E-state index in [4.69, 9.17) is 4.42 Å². The summed E-state index contributed by atoms with van der Waals surface area (Å²) in [6.45, 7) is 2.79. The van der Waals surface area contributed by atoms with E-state index in [0.29, 0.717) is 0 Å². The first-order valence-corrected chi connectivity index (χ1v) is 3.64. The molecule has 62 valence electrons. The largest absolute Gasteiger partial charge is 0.468 e. The summed E-state index contributed by atoms with van der Waals surface area (Å²) in [5, 5.41) is 1.90. The van der Waals surface area contributed by atoms with Gasteiger partial charge in [0.1, 0.15) is 5.76 Å². The molecule has 0 bridgehead atoms. The first-order chi connectivity index (χ1) is 5.20. The van der Waals surface area contributed by atoms with Crippen LogP contribution in [-0.2, 0) is 6.54 Å². The van der Waals surface area contributed by atoms with Gasteiger partial charge in [0.25, 0.3) is 0 Å². The molecular formula is C8H14N2O. The van der Waals surface area contributed by atoms with E-state index in [9.17, 15) is 0 Å². The van der Waals surface area contributed by atoms with Crippen LogP contribution in [0.4, 0.5) is 0 Å². The highest BCUT2D eigenvalue weighted by Crippen LogP contribution is 2.07. The molecule has 1 aromatic rings. The number of furan rings is 1. The van der Waals surface area contributed by atoms with E-state index in [-0.39, 0.29) is 0 Å². The molecule has 1 aromatic heterocycles. The molecule has 3 nitrogen and oxygen atoms in total. The summed E-state index contributed by atoms with van der Waals surface area (Å²) >= 11 is 0. The zero-order valence-electron chi connectivity index (χ0n) is 7.22. The highest BCUT2D eigenvalue weighted by Gasteiger charge is 2.00. The van der Waals surface area contributed by atoms with Crippen LogP contribution in [-0.4, -0.2) is 19.1 Å². The van der Waals surface area contributed by atoms with Gasteiger partial charge in [-0.15, -0.1) is 0 Å². The molecule has 0 saturated heterocycles. The van der Waals surface area contributed by atoms with Gasteiger partial charge >= 0.3 is 0 Å². The van der Waals surface area contributed by atoms with Crippen molar-refractivity contribution < 1.29 is 4.42 Å². The summed E-state index contributed by atoms with van der Waals surface area (Å²) < 4.78 is 5.23. The van der Waals surface area contributed by atoms with E-state index in [1.165, 1.54) is 5.56 Å². The maximum Gasteiger partial charge on any atom is 0.121 e. The molecule has 1 N–H and O–H groups in total. The van der Waals surface area contributed by atoms with Crippen molar-refractivity contribution in [3.8, 4) is 0 Å². The quantitative estimate of drug-likeness (QED) is 0.662. The Morgan fingerprint density at radius 2 is 2.27 bits per heavy atom. The smallest absolute Gasteiger partial charge is 0.121 e. The van der Waals surface area contributed by atoms with Crippen LogP contribution in [0.25, 0.3) is 0 Å². The molecule has 0 saturated carbocycles. The zero-order valence-corrected chi connectivity index (χ0v) is 7.22. The van der Waals surface area contributed by atoms with Gasteiger partial charge in [-0.25, -0.2) is 5.43 Å². The van der Waals surface area contributed by atoms with Crippen LogP contribution in [0.15, 0.2) is 16.7 Å². The molecule has 0 unspecified atom stereocenters. The number of rotatable bonds is 3. The van der Waals surface area contributed by atoms with Crippen LogP contribution in [0.2, 0.25) is 0 Å². The third-order valence-corrected chi connectivity index (χ3v) is 1.52. The maximum absolute atomic E-state index is 5.23. The minimum absolute atomic E-state index is 0.756. The Balaban J connectivity index is 2.44. The van der Waals surface area contributed by atoms with Crippen LogP contribution in [0, 0.1) is 6.92 Å². The fourth-order valence-corrected chi connectivity index (χ4v) is 0.815. The fraction of sp³-hybridized carbons (Fsp3) is 0.500. The molecule has 0 fully saturated rings. The van der Waals surface area contributed by atoms with E-state index in [1.807, 2.05) is 32.1 Å². The van der Waals surface area contributed by atoms with Gasteiger partial charge in [-0.1, -0.05) is 0 Å². The van der Waals surface area contributed by atoms with Gasteiger partial charge < -0.3 is 4.42 Å². The molecule has 11 heavy (non-hydrogen) atoms. The third kappa shape index (κ3) is 2.37. The Morgan fingerprint density at radius 1 is 1.55 bits per heavy atom. The van der Waals surface area contributed by atoms with E-state index in [1.54, 1.807) is 6.26 Å². The SMILES string of the molecule is Cc1ccoc1CNN(C)C. The van der Waals surface area contributed by atoms with Crippen molar-refractivity contribution in [3.63, 3.8) is 0 Å². The maximum atomic E-state index is 5.23. The third-order valence-electron chi connectivity index (χ3n) is 1.52. The molecular weight excluding hydrogens is 140 g/mol. The Morgan fingerprint density at radius 3 is 2.73 bits per heavy atom. The minimum atomic E-state index is 0.756. The molecule has 0 radical (unpaired) electrons. The molecule has 1 rings (SSSR count). The first-order valence-electron chi connectivity index (χ1n) is 3.64. The average molecular weight is 154 g/mol. The van der Waals surface area contributed by atoms with Gasteiger partial charge in [0.15, 0.2) is 0 Å². The van der Waals surface area contributed by atoms with E-state index >= 15 is 0 Å². The molecule has 0 aliphatic carbocycles. The molecule has 0 spiro atoms. The highest BCUT2D eigenvalue weighted by molar-refractivity contribution is 5.13. The summed E-state index contributed by atoms with van der Waals surface area (Å²) in [7, 11) is 3.91. The summed E-state index contributed by atoms with van der Waals surface area (Å²) in [5.41, 5.74) is 4.32. The second kappa shape index (κ2) is 3.55. The topological polar surface area (TPSA) is 28.4 Å². The second-order valence-electron chi connectivity index (χ2n) is 2.76. The number of hydrogen-bond donors (Lipinski definition) is 1. The van der Waals surface area contributed by atoms with Gasteiger partial charge in [-0.05, 0) is 18.6 Å². The predicted molar refractivity (Wildman–Crippen MR) is 44.0 cm³/mol. The van der Waals surface area contributed by atoms with Crippen molar-refractivity contribution >= 4 is 0 Å². The van der Waals surface area contributed by atoms with Crippen LogP contribution >= 0.6 is 0 Å². The molecule has 0 atom stereocenters. The monoisotopic (exact) mass is 154 g/mol. The van der Waals surface area contributed by atoms with Crippen molar-refractivity contribution in [2.45, 2.75) is 13.5 Å². The second-order valence-corrected chi connectivity index (χ2v) is 2.76. The molecule has 1 heterocycles. The highest BCUT2D eigenvalue weighted by atomic mass is 16.3. The summed E-state index contributed by atoms with van der Waals surface area (Å²) in [5.74, 6) is 0.999. The lowest BCUT2D eigenvalue weighted by Gasteiger charge is -2.10. The number of hydrogen-bond acceptors (Lipinski definition) is 3. The normalized spacial score (nSPS) is 10.9. The lowest BCUT2D eigenvalue weighted by molar-refractivity contribution is 0.271. The minimum Gasteiger partial charge on any atom is -0.468 e. The van der Waals surface area contributed by atoms with Crippen LogP contribution < -0.4 is 5.43 Å². The van der Waals surface area contributed by atoms with E-state index in [0.717, 1.165) is 12.3 Å². The van der Waals surface area contributed by atoms with Crippen molar-refractivity contribution in [2.75, 3.05) is 14.1 Å². The van der Waals surface area contributed by atoms with Gasteiger partial charge in [0, 0.05) is 14.1 Å². The van der Waals surface area contributed by atoms with Crippen molar-refractivity contribution in [2.24, 2.45) is 0 Å². The summed E-state index contributed by atoms with van der Waals surface area (Å²) in [6, 6.07) is 1.96. The average Bonchev–Trinajstić information content (AvgIpc) is 2.31. The van der Waals surface area contributed by atoms with Gasteiger partial charge in [-0.3, -0.25) is 5.01 Å². The molecule has 0 aliphatic heterocycles. The van der Waals surface area contributed by atoms with E-state index in [2.05, 4.69) is 5.43 Å². The number of hydrazine groups is 1. The van der Waals surface area contributed by atoms with Crippen molar-refractivity contribution in [1.29, 1.82) is 0 Å². The number of nitrogens with zero attached hydrogens (tertiary/aromatic N) is 1. The first kappa shape index (κ1) is 8.30. The predicted octanol–water partition coefficient (Wildman–Crippen LogP) is 1.15. The van der Waals surface area contributed by atoms with Crippen molar-refractivity contribution in [1.82, 2.24) is 10.4 Å². The molecule has 3 heteroatoms. The lowest BCUT2D eigenvalue weighted by Crippen LogP contribution is -2.29. The molecule has 0 aliphatic rings. The Kier molecular flexibility index (Phi) is 2.68. The number of aryl methyl sites for hydroxylation is 1. The van der Waals surface area contributed by atoms with Crippen LogP contribution in [0.3, 0.4) is 0 Å². The van der Waals surface area contributed by atoms with Gasteiger partial charge in [0.2, 0.25) is 0 Å². The lowest BCUT2D eigenvalue weighted by atomic mass is 10.3. The van der Waals surface area contributed by atoms with Gasteiger partial charge in [-0.2, -0.15) is 0 Å². The fourth-order valence-electron chi connectivity index (χ4n) is 0.815. The van der Waals surface area contributed by atoms with Gasteiger partial charge in [0.05, 0.1) is 12.8 Å². The summed E-state index contributed by atoms with van der Waals surface area (Å²) in [6.07, 6.45) is 1.71. The zero-order chi connectivity index (χ0) is 8.27. The summed E-state index contributed by atoms with van der Waals surface area (Å²) in [4.78, 5) is 0. The van der Waals surface area contributed by atoms with Crippen LogP contribution in [0.5, 0.6) is 0 Å². The van der Waals surface area contributed by atoms with E-state index < -0.39 is 0 Å². The Hall–Kier alpha value is -0.800. The van der Waals surface area contributed by atoms with Crippen molar-refractivity contribution in [3.05, 3.63) is 23.7 Å². The molecule has 0 amide bonds. The molecule has 0 aromatic carbocycles. The van der Waals surface area contributed by atoms with Crippen LogP contribution in [0.1, 0.15) is 11.3 Å². The Labute approximate surface area is 67.0 Å². The Bertz CT molecular complexity index is 218. The number of nitrogens with one attached hydrogen (secondary N) is 1. The standard InChI is InChI=1S/C8H14N2O/c1-7-4-5-11-8(7)6-9-10(2)3/h4-5,9H,6H2,1-3H3.